The number of hydrogen-bond donors (Lipinski definition) is 2. The van der Waals surface area contributed by atoms with Gasteiger partial charge in [-0.05, 0) is 19.8 Å². The zero-order chi connectivity index (χ0) is 15.2. The molecule has 1 aliphatic rings. The number of halogens is 2. The zero-order valence-corrected chi connectivity index (χ0v) is 15.1. The van der Waals surface area contributed by atoms with Crippen LogP contribution < -0.4 is 11.1 Å². The van der Waals surface area contributed by atoms with E-state index in [0.717, 1.165) is 6.42 Å². The highest BCUT2D eigenvalue weighted by Gasteiger charge is 2.29. The number of esters is 1. The average molecular weight is 386 g/mol. The van der Waals surface area contributed by atoms with Crippen LogP contribution in [0.25, 0.3) is 0 Å². The molecule has 1 amide bonds. The third-order valence-corrected chi connectivity index (χ3v) is 3.96. The normalized spacial score (nSPS) is 19.4. The second-order valence-electron chi connectivity index (χ2n) is 4.62. The van der Waals surface area contributed by atoms with Gasteiger partial charge in [0.25, 0.3) is 0 Å². The summed E-state index contributed by atoms with van der Waals surface area (Å²) in [5, 5.41) is 5.03. The van der Waals surface area contributed by atoms with Crippen molar-refractivity contribution in [1.82, 2.24) is 10.3 Å². The molecule has 0 unspecified atom stereocenters. The van der Waals surface area contributed by atoms with E-state index >= 15 is 0 Å². The Bertz CT molecular complexity index is 515. The van der Waals surface area contributed by atoms with E-state index in [1.807, 2.05) is 0 Å². The second kappa shape index (κ2) is 10.8. The van der Waals surface area contributed by atoms with E-state index < -0.39 is 12.1 Å². The minimum absolute atomic E-state index is 0. The first-order valence-corrected chi connectivity index (χ1v) is 7.76. The number of ether oxygens (including phenoxy) is 2. The van der Waals surface area contributed by atoms with Crippen LogP contribution in [-0.4, -0.2) is 42.2 Å². The average Bonchev–Trinajstić information content (AvgIpc) is 3.14. The van der Waals surface area contributed by atoms with Gasteiger partial charge in [0.15, 0.2) is 5.69 Å². The molecule has 0 spiro atoms. The monoisotopic (exact) mass is 385 g/mol. The van der Waals surface area contributed by atoms with E-state index in [0.29, 0.717) is 24.6 Å². The molecule has 10 heteroatoms. The van der Waals surface area contributed by atoms with Crippen molar-refractivity contribution in [3.63, 3.8) is 0 Å². The number of thiazole rings is 1. The Balaban J connectivity index is 0.00000242. The van der Waals surface area contributed by atoms with Crippen molar-refractivity contribution in [3.8, 4) is 0 Å². The number of nitrogens with zero attached hydrogens (tertiary/aromatic N) is 1. The lowest BCUT2D eigenvalue weighted by Crippen LogP contribution is -2.35. The minimum atomic E-state index is -0.448. The summed E-state index contributed by atoms with van der Waals surface area (Å²) >= 11 is 1.31. The van der Waals surface area contributed by atoms with Gasteiger partial charge in [-0.1, -0.05) is 0 Å². The number of carbonyl (C=O) groups excluding carboxylic acids is 2. The van der Waals surface area contributed by atoms with E-state index in [-0.39, 0.29) is 49.1 Å². The van der Waals surface area contributed by atoms with Crippen LogP contribution in [0, 0.1) is 0 Å². The summed E-state index contributed by atoms with van der Waals surface area (Å²) in [4.78, 5) is 27.5. The van der Waals surface area contributed by atoms with Crippen LogP contribution in [0.1, 0.15) is 35.3 Å². The van der Waals surface area contributed by atoms with Crippen molar-refractivity contribution in [1.29, 1.82) is 0 Å². The molecule has 1 aliphatic heterocycles. The Morgan fingerprint density at radius 3 is 2.83 bits per heavy atom. The van der Waals surface area contributed by atoms with Crippen LogP contribution >= 0.6 is 36.2 Å². The van der Waals surface area contributed by atoms with Crippen molar-refractivity contribution in [2.75, 3.05) is 13.2 Å². The highest BCUT2D eigenvalue weighted by molar-refractivity contribution is 7.09. The molecule has 132 valence electrons. The number of amides is 1. The van der Waals surface area contributed by atoms with Crippen LogP contribution in [0.4, 0.5) is 0 Å². The molecular weight excluding hydrogens is 365 g/mol. The third kappa shape index (κ3) is 6.23. The van der Waals surface area contributed by atoms with E-state index in [1.165, 1.54) is 11.3 Å². The van der Waals surface area contributed by atoms with Gasteiger partial charge >= 0.3 is 5.97 Å². The fourth-order valence-corrected chi connectivity index (χ4v) is 2.74. The van der Waals surface area contributed by atoms with E-state index in [1.54, 1.807) is 12.3 Å². The molecule has 23 heavy (non-hydrogen) atoms. The maximum absolute atomic E-state index is 11.9. The SMILES string of the molecule is CCOC(=O)c1csc(CNC(=O)[C@@H]2CC[C@H](CN)O2)n1.Cl.Cl. The van der Waals surface area contributed by atoms with Gasteiger partial charge in [-0.25, -0.2) is 9.78 Å². The molecule has 0 saturated carbocycles. The number of hydrogen-bond acceptors (Lipinski definition) is 7. The topological polar surface area (TPSA) is 104 Å². The number of aromatic nitrogens is 1. The van der Waals surface area contributed by atoms with Gasteiger partial charge in [-0.2, -0.15) is 0 Å². The number of rotatable bonds is 6. The standard InChI is InChI=1S/C13H19N3O4S.2ClH/c1-2-19-13(18)9-7-21-11(16-9)6-15-12(17)10-4-3-8(5-14)20-10;;/h7-8,10H,2-6,14H2,1H3,(H,15,17);2*1H/t8-,10+;;/m1../s1. The summed E-state index contributed by atoms with van der Waals surface area (Å²) in [6.07, 6.45) is 1.01. The molecular formula is C13H21Cl2N3O4S. The van der Waals surface area contributed by atoms with Crippen molar-refractivity contribution >= 4 is 48.0 Å². The first kappa shape index (κ1) is 22.1. The van der Waals surface area contributed by atoms with Crippen molar-refractivity contribution in [3.05, 3.63) is 16.1 Å². The Hall–Kier alpha value is -0.930. The molecule has 1 aromatic rings. The van der Waals surface area contributed by atoms with Crippen LogP contribution in [0.2, 0.25) is 0 Å². The Kier molecular flexibility index (Phi) is 10.3. The van der Waals surface area contributed by atoms with Crippen LogP contribution in [0.15, 0.2) is 5.38 Å². The maximum atomic E-state index is 11.9. The van der Waals surface area contributed by atoms with E-state index in [4.69, 9.17) is 15.2 Å². The van der Waals surface area contributed by atoms with Crippen LogP contribution in [0.5, 0.6) is 0 Å². The predicted octanol–water partition coefficient (Wildman–Crippen LogP) is 1.29. The van der Waals surface area contributed by atoms with Gasteiger partial charge in [-0.3, -0.25) is 4.79 Å². The minimum Gasteiger partial charge on any atom is -0.461 e. The summed E-state index contributed by atoms with van der Waals surface area (Å²) in [6.45, 7) is 2.75. The number of nitrogens with one attached hydrogen (secondary N) is 1. The molecule has 2 rings (SSSR count). The van der Waals surface area contributed by atoms with E-state index in [9.17, 15) is 9.59 Å². The molecule has 2 atom stereocenters. The van der Waals surface area contributed by atoms with Gasteiger partial charge in [0, 0.05) is 11.9 Å². The predicted molar refractivity (Wildman–Crippen MR) is 91.4 cm³/mol. The lowest BCUT2D eigenvalue weighted by atomic mass is 10.2. The Labute approximate surface area is 151 Å². The molecule has 3 N–H and O–H groups in total. The van der Waals surface area contributed by atoms with Crippen molar-refractivity contribution in [2.24, 2.45) is 5.73 Å². The Morgan fingerprint density at radius 2 is 2.22 bits per heavy atom. The quantitative estimate of drug-likeness (QED) is 0.714. The van der Waals surface area contributed by atoms with Gasteiger partial charge < -0.3 is 20.5 Å². The second-order valence-corrected chi connectivity index (χ2v) is 5.57. The molecule has 1 fully saturated rings. The fraction of sp³-hybridized carbons (Fsp3) is 0.615. The highest BCUT2D eigenvalue weighted by atomic mass is 35.5. The summed E-state index contributed by atoms with van der Waals surface area (Å²) < 4.78 is 10.4. The molecule has 1 aromatic heterocycles. The first-order chi connectivity index (χ1) is 10.1. The molecule has 0 radical (unpaired) electrons. The van der Waals surface area contributed by atoms with Gasteiger partial charge in [0.1, 0.15) is 11.1 Å². The maximum Gasteiger partial charge on any atom is 0.357 e. The number of nitrogens with two attached hydrogens (primary N) is 1. The first-order valence-electron chi connectivity index (χ1n) is 6.88. The van der Waals surface area contributed by atoms with Gasteiger partial charge in [-0.15, -0.1) is 36.2 Å². The lowest BCUT2D eigenvalue weighted by molar-refractivity contribution is -0.132. The van der Waals surface area contributed by atoms with Crippen LogP contribution in [-0.2, 0) is 20.8 Å². The molecule has 0 aromatic carbocycles. The van der Waals surface area contributed by atoms with E-state index in [2.05, 4.69) is 10.3 Å². The Morgan fingerprint density at radius 1 is 1.48 bits per heavy atom. The molecule has 0 bridgehead atoms. The van der Waals surface area contributed by atoms with Gasteiger partial charge in [0.05, 0.1) is 19.3 Å². The largest absolute Gasteiger partial charge is 0.461 e. The summed E-state index contributed by atoms with van der Waals surface area (Å²) in [7, 11) is 0. The molecule has 2 heterocycles. The van der Waals surface area contributed by atoms with Crippen molar-refractivity contribution in [2.45, 2.75) is 38.5 Å². The molecule has 0 aliphatic carbocycles. The smallest absolute Gasteiger partial charge is 0.357 e. The third-order valence-electron chi connectivity index (χ3n) is 3.11. The van der Waals surface area contributed by atoms with Crippen LogP contribution in [0.3, 0.4) is 0 Å². The molecule has 7 nitrogen and oxygen atoms in total. The zero-order valence-electron chi connectivity index (χ0n) is 12.6. The lowest BCUT2D eigenvalue weighted by Gasteiger charge is -2.11. The summed E-state index contributed by atoms with van der Waals surface area (Å²) in [5.41, 5.74) is 5.78. The molecule has 1 saturated heterocycles. The summed E-state index contributed by atoms with van der Waals surface area (Å²) in [6, 6.07) is 0. The van der Waals surface area contributed by atoms with Gasteiger partial charge in [0.2, 0.25) is 5.91 Å². The summed E-state index contributed by atoms with van der Waals surface area (Å²) in [5.74, 6) is -0.616. The highest BCUT2D eigenvalue weighted by Crippen LogP contribution is 2.19. The van der Waals surface area contributed by atoms with Crippen molar-refractivity contribution < 1.29 is 19.1 Å². The number of carbonyl (C=O) groups is 2. The fourth-order valence-electron chi connectivity index (χ4n) is 2.04.